The second-order valence-electron chi connectivity index (χ2n) is 4.91. The second kappa shape index (κ2) is 5.40. The molecule has 1 heterocycles. The van der Waals surface area contributed by atoms with Crippen LogP contribution >= 0.6 is 0 Å². The van der Waals surface area contributed by atoms with Crippen LogP contribution < -0.4 is 5.32 Å². The molecule has 0 amide bonds. The Bertz CT molecular complexity index is 522. The molecule has 0 saturated heterocycles. The van der Waals surface area contributed by atoms with Crippen LogP contribution in [-0.4, -0.2) is 34.8 Å². The predicted octanol–water partition coefficient (Wildman–Crippen LogP) is 2.10. The average molecular weight is 258 g/mol. The molecule has 5 heteroatoms. The highest BCUT2D eigenvalue weighted by atomic mass is 16.5. The molecule has 1 atom stereocenters. The summed E-state index contributed by atoms with van der Waals surface area (Å²) in [5.74, 6) is 0.726. The molecule has 1 aliphatic rings. The smallest absolute Gasteiger partial charge is 0.0894 e. The van der Waals surface area contributed by atoms with Gasteiger partial charge in [0.1, 0.15) is 0 Å². The second-order valence-corrected chi connectivity index (χ2v) is 4.91. The van der Waals surface area contributed by atoms with Crippen molar-refractivity contribution in [1.29, 1.82) is 0 Å². The van der Waals surface area contributed by atoms with Crippen molar-refractivity contribution in [3.05, 3.63) is 36.7 Å². The van der Waals surface area contributed by atoms with E-state index >= 15 is 0 Å². The Kier molecular flexibility index (Phi) is 3.46. The quantitative estimate of drug-likeness (QED) is 0.862. The van der Waals surface area contributed by atoms with E-state index in [1.165, 1.54) is 12.8 Å². The van der Waals surface area contributed by atoms with Gasteiger partial charge in [0, 0.05) is 7.11 Å². The standard InChI is InChI=1S/C14H18N4O/c1-19-10-13(11-6-7-11)16-12-4-2-3-5-14(12)18-9-8-15-17-18/h2-5,8-9,11,13,16H,6-7,10H2,1H3. The first-order valence-corrected chi connectivity index (χ1v) is 6.59. The third-order valence-corrected chi connectivity index (χ3v) is 3.45. The summed E-state index contributed by atoms with van der Waals surface area (Å²) in [6.45, 7) is 0.732. The lowest BCUT2D eigenvalue weighted by Gasteiger charge is -2.20. The first-order valence-electron chi connectivity index (χ1n) is 6.59. The van der Waals surface area contributed by atoms with Gasteiger partial charge in [0.05, 0.1) is 36.4 Å². The van der Waals surface area contributed by atoms with Gasteiger partial charge in [-0.3, -0.25) is 0 Å². The summed E-state index contributed by atoms with van der Waals surface area (Å²) in [7, 11) is 1.75. The molecule has 1 N–H and O–H groups in total. The molecule has 19 heavy (non-hydrogen) atoms. The van der Waals surface area contributed by atoms with Gasteiger partial charge in [-0.15, -0.1) is 5.10 Å². The van der Waals surface area contributed by atoms with Gasteiger partial charge >= 0.3 is 0 Å². The van der Waals surface area contributed by atoms with Crippen molar-refractivity contribution in [2.75, 3.05) is 19.0 Å². The van der Waals surface area contributed by atoms with Crippen LogP contribution in [0.2, 0.25) is 0 Å². The van der Waals surface area contributed by atoms with Gasteiger partial charge in [-0.2, -0.15) is 0 Å². The Morgan fingerprint density at radius 1 is 1.42 bits per heavy atom. The Morgan fingerprint density at radius 3 is 2.95 bits per heavy atom. The van der Waals surface area contributed by atoms with Gasteiger partial charge in [-0.1, -0.05) is 17.3 Å². The van der Waals surface area contributed by atoms with E-state index in [0.717, 1.165) is 23.9 Å². The number of benzene rings is 1. The van der Waals surface area contributed by atoms with E-state index in [0.29, 0.717) is 6.04 Å². The molecule has 0 spiro atoms. The molecule has 0 radical (unpaired) electrons. The summed E-state index contributed by atoms with van der Waals surface area (Å²) in [5.41, 5.74) is 2.09. The van der Waals surface area contributed by atoms with Crippen LogP contribution in [0.5, 0.6) is 0 Å². The average Bonchev–Trinajstić information content (AvgIpc) is 3.14. The van der Waals surface area contributed by atoms with Crippen LogP contribution in [0.25, 0.3) is 5.69 Å². The Hall–Kier alpha value is -1.88. The fourth-order valence-electron chi connectivity index (χ4n) is 2.31. The summed E-state index contributed by atoms with van der Waals surface area (Å²) in [5, 5.41) is 11.5. The minimum Gasteiger partial charge on any atom is -0.383 e. The van der Waals surface area contributed by atoms with Crippen molar-refractivity contribution < 1.29 is 4.74 Å². The number of hydrogen-bond acceptors (Lipinski definition) is 4. The number of aromatic nitrogens is 3. The molecule has 1 unspecified atom stereocenters. The molecular weight excluding hydrogens is 240 g/mol. The highest BCUT2D eigenvalue weighted by Gasteiger charge is 2.31. The van der Waals surface area contributed by atoms with Gasteiger partial charge in [0.2, 0.25) is 0 Å². The zero-order valence-corrected chi connectivity index (χ0v) is 11.0. The molecule has 1 aliphatic carbocycles. The Balaban J connectivity index is 1.83. The highest BCUT2D eigenvalue weighted by molar-refractivity contribution is 5.61. The molecule has 3 rings (SSSR count). The number of nitrogens with one attached hydrogen (secondary N) is 1. The number of methoxy groups -OCH3 is 1. The first kappa shape index (κ1) is 12.2. The molecule has 100 valence electrons. The van der Waals surface area contributed by atoms with Crippen LogP contribution in [0, 0.1) is 5.92 Å². The topological polar surface area (TPSA) is 52.0 Å². The lowest BCUT2D eigenvalue weighted by atomic mass is 10.1. The Labute approximate surface area is 112 Å². The molecule has 2 aromatic rings. The predicted molar refractivity (Wildman–Crippen MR) is 73.4 cm³/mol. The van der Waals surface area contributed by atoms with E-state index in [4.69, 9.17) is 4.74 Å². The molecule has 0 aliphatic heterocycles. The number of rotatable bonds is 6. The van der Waals surface area contributed by atoms with E-state index in [2.05, 4.69) is 21.7 Å². The van der Waals surface area contributed by atoms with E-state index in [-0.39, 0.29) is 0 Å². The van der Waals surface area contributed by atoms with Crippen LogP contribution in [0.15, 0.2) is 36.7 Å². The summed E-state index contributed by atoms with van der Waals surface area (Å²) >= 11 is 0. The first-order chi connectivity index (χ1) is 9.38. The number of ether oxygens (including phenoxy) is 1. The van der Waals surface area contributed by atoms with Gasteiger partial charge in [0.15, 0.2) is 0 Å². The number of hydrogen-bond donors (Lipinski definition) is 1. The maximum absolute atomic E-state index is 5.31. The molecular formula is C14H18N4O. The van der Waals surface area contributed by atoms with E-state index in [1.54, 1.807) is 18.0 Å². The van der Waals surface area contributed by atoms with Crippen LogP contribution in [0.4, 0.5) is 5.69 Å². The van der Waals surface area contributed by atoms with E-state index in [9.17, 15) is 0 Å². The molecule has 1 aromatic carbocycles. The van der Waals surface area contributed by atoms with Gasteiger partial charge in [-0.25, -0.2) is 4.68 Å². The van der Waals surface area contributed by atoms with Crippen molar-refractivity contribution in [3.8, 4) is 5.69 Å². The van der Waals surface area contributed by atoms with Crippen molar-refractivity contribution in [3.63, 3.8) is 0 Å². The number of nitrogens with zero attached hydrogens (tertiary/aromatic N) is 3. The van der Waals surface area contributed by atoms with Gasteiger partial charge < -0.3 is 10.1 Å². The van der Waals surface area contributed by atoms with Crippen molar-refractivity contribution in [2.45, 2.75) is 18.9 Å². The fourth-order valence-corrected chi connectivity index (χ4v) is 2.31. The summed E-state index contributed by atoms with van der Waals surface area (Å²) in [4.78, 5) is 0. The summed E-state index contributed by atoms with van der Waals surface area (Å²) < 4.78 is 7.09. The third-order valence-electron chi connectivity index (χ3n) is 3.45. The molecule has 5 nitrogen and oxygen atoms in total. The van der Waals surface area contributed by atoms with Crippen LogP contribution in [0.3, 0.4) is 0 Å². The van der Waals surface area contributed by atoms with Gasteiger partial charge in [0.25, 0.3) is 0 Å². The van der Waals surface area contributed by atoms with Crippen molar-refractivity contribution in [2.24, 2.45) is 5.92 Å². The largest absolute Gasteiger partial charge is 0.383 e. The normalized spacial score (nSPS) is 16.3. The van der Waals surface area contributed by atoms with Crippen molar-refractivity contribution >= 4 is 5.69 Å². The molecule has 0 bridgehead atoms. The third kappa shape index (κ3) is 2.76. The maximum Gasteiger partial charge on any atom is 0.0894 e. The monoisotopic (exact) mass is 258 g/mol. The number of anilines is 1. The lowest BCUT2D eigenvalue weighted by molar-refractivity contribution is 0.179. The van der Waals surface area contributed by atoms with Crippen molar-refractivity contribution in [1.82, 2.24) is 15.0 Å². The summed E-state index contributed by atoms with van der Waals surface area (Å²) in [6.07, 6.45) is 6.10. The zero-order valence-electron chi connectivity index (χ0n) is 11.0. The minimum atomic E-state index is 0.370. The lowest BCUT2D eigenvalue weighted by Crippen LogP contribution is -2.27. The SMILES string of the molecule is COCC(Nc1ccccc1-n1ccnn1)C1CC1. The maximum atomic E-state index is 5.31. The molecule has 1 fully saturated rings. The number of para-hydroxylation sites is 2. The van der Waals surface area contributed by atoms with E-state index in [1.807, 2.05) is 24.4 Å². The Morgan fingerprint density at radius 2 is 2.26 bits per heavy atom. The van der Waals surface area contributed by atoms with Crippen LogP contribution in [-0.2, 0) is 4.74 Å². The fraction of sp³-hybridized carbons (Fsp3) is 0.429. The van der Waals surface area contributed by atoms with Crippen LogP contribution in [0.1, 0.15) is 12.8 Å². The summed E-state index contributed by atoms with van der Waals surface area (Å²) in [6, 6.07) is 8.51. The zero-order chi connectivity index (χ0) is 13.1. The molecule has 1 saturated carbocycles. The molecule has 1 aromatic heterocycles. The highest BCUT2D eigenvalue weighted by Crippen LogP contribution is 2.35. The van der Waals surface area contributed by atoms with Gasteiger partial charge in [-0.05, 0) is 30.9 Å². The minimum absolute atomic E-state index is 0.370. The van der Waals surface area contributed by atoms with E-state index < -0.39 is 0 Å².